The third-order valence-corrected chi connectivity index (χ3v) is 2.57. The molecule has 0 radical (unpaired) electrons. The normalized spacial score (nSPS) is 23.9. The molecule has 0 aliphatic carbocycles. The lowest BCUT2D eigenvalue weighted by molar-refractivity contribution is 0.0271. The highest BCUT2D eigenvalue weighted by molar-refractivity contribution is 6.03. The first-order valence-electron chi connectivity index (χ1n) is 4.81. The van der Waals surface area contributed by atoms with E-state index < -0.39 is 6.23 Å². The summed E-state index contributed by atoms with van der Waals surface area (Å²) in [5.41, 5.74) is 2.69. The molecule has 1 heterocycles. The lowest BCUT2D eigenvalue weighted by atomic mass is 9.97. The largest absolute Gasteiger partial charge is 0.399 e. The number of nitrogens with zero attached hydrogens (tertiary/aromatic N) is 2. The van der Waals surface area contributed by atoms with E-state index in [1.807, 2.05) is 36.2 Å². The third-order valence-electron chi connectivity index (χ3n) is 2.57. The molecule has 0 saturated carbocycles. The minimum absolute atomic E-state index is 0.558. The van der Waals surface area contributed by atoms with Crippen molar-refractivity contribution in [2.24, 2.45) is 5.16 Å². The monoisotopic (exact) mass is 206 g/mol. The number of aliphatic hydroxyl groups excluding tert-OH is 1. The zero-order valence-corrected chi connectivity index (χ0v) is 8.84. The summed E-state index contributed by atoms with van der Waals surface area (Å²) in [6, 6.07) is 7.69. The molecule has 80 valence electrons. The molecule has 1 aromatic carbocycles. The first kappa shape index (κ1) is 10.1. The molecule has 15 heavy (non-hydrogen) atoms. The molecule has 1 N–H and O–H groups in total. The first-order valence-corrected chi connectivity index (χ1v) is 4.81. The molecule has 0 fully saturated rings. The lowest BCUT2D eigenvalue weighted by Gasteiger charge is -2.31. The van der Waals surface area contributed by atoms with Crippen LogP contribution in [-0.4, -0.2) is 36.4 Å². The second-order valence-electron chi connectivity index (χ2n) is 3.60. The van der Waals surface area contributed by atoms with Gasteiger partial charge in [0.15, 0.2) is 0 Å². The summed E-state index contributed by atoms with van der Waals surface area (Å²) in [5, 5.41) is 13.9. The second-order valence-corrected chi connectivity index (χ2v) is 3.60. The van der Waals surface area contributed by atoms with E-state index in [1.165, 1.54) is 7.11 Å². The van der Waals surface area contributed by atoms with Crippen molar-refractivity contribution >= 4 is 5.71 Å². The fourth-order valence-electron chi connectivity index (χ4n) is 1.82. The topological polar surface area (TPSA) is 45.1 Å². The highest BCUT2D eigenvalue weighted by Gasteiger charge is 2.26. The molecule has 1 aliphatic rings. The zero-order chi connectivity index (χ0) is 10.8. The van der Waals surface area contributed by atoms with E-state index in [4.69, 9.17) is 4.84 Å². The molecular formula is C11H14N2O2. The summed E-state index contributed by atoms with van der Waals surface area (Å²) in [7, 11) is 3.38. The average molecular weight is 206 g/mol. The minimum Gasteiger partial charge on any atom is -0.399 e. The molecule has 0 spiro atoms. The summed E-state index contributed by atoms with van der Waals surface area (Å²) >= 11 is 0. The number of likely N-dealkylation sites (N-methyl/N-ethyl adjacent to an activating group) is 1. The Morgan fingerprint density at radius 2 is 2.20 bits per heavy atom. The number of aliphatic hydroxyl groups is 1. The predicted molar refractivity (Wildman–Crippen MR) is 57.6 cm³/mol. The quantitative estimate of drug-likeness (QED) is 0.696. The van der Waals surface area contributed by atoms with Crippen molar-refractivity contribution in [2.75, 3.05) is 20.7 Å². The van der Waals surface area contributed by atoms with Crippen LogP contribution in [-0.2, 0) is 4.84 Å². The third kappa shape index (κ3) is 1.73. The molecule has 4 heteroatoms. The Labute approximate surface area is 88.8 Å². The molecule has 1 aliphatic heterocycles. The van der Waals surface area contributed by atoms with Crippen molar-refractivity contribution in [1.29, 1.82) is 0 Å². The van der Waals surface area contributed by atoms with Gasteiger partial charge in [-0.3, -0.25) is 4.90 Å². The Bertz CT molecular complexity index is 390. The van der Waals surface area contributed by atoms with Crippen molar-refractivity contribution < 1.29 is 9.94 Å². The minimum atomic E-state index is -0.558. The zero-order valence-electron chi connectivity index (χ0n) is 8.84. The molecule has 0 bridgehead atoms. The van der Waals surface area contributed by atoms with Gasteiger partial charge in [0.1, 0.15) is 19.0 Å². The van der Waals surface area contributed by atoms with Crippen molar-refractivity contribution in [3.8, 4) is 0 Å². The van der Waals surface area contributed by atoms with Gasteiger partial charge in [-0.2, -0.15) is 0 Å². The van der Waals surface area contributed by atoms with E-state index in [0.29, 0.717) is 6.54 Å². The molecule has 1 unspecified atom stereocenters. The highest BCUT2D eigenvalue weighted by Crippen LogP contribution is 2.26. The van der Waals surface area contributed by atoms with Crippen LogP contribution in [0, 0.1) is 0 Å². The van der Waals surface area contributed by atoms with Crippen LogP contribution >= 0.6 is 0 Å². The molecule has 1 atom stereocenters. The molecule has 4 nitrogen and oxygen atoms in total. The Kier molecular flexibility index (Phi) is 2.70. The fourth-order valence-corrected chi connectivity index (χ4v) is 1.82. The van der Waals surface area contributed by atoms with E-state index in [1.54, 1.807) is 0 Å². The van der Waals surface area contributed by atoms with E-state index in [-0.39, 0.29) is 0 Å². The van der Waals surface area contributed by atoms with Gasteiger partial charge in [0, 0.05) is 17.7 Å². The van der Waals surface area contributed by atoms with Crippen LogP contribution in [0.2, 0.25) is 0 Å². The van der Waals surface area contributed by atoms with Crippen LogP contribution in [0.3, 0.4) is 0 Å². The number of fused-ring (bicyclic) bond motifs is 1. The van der Waals surface area contributed by atoms with Crippen LogP contribution in [0.4, 0.5) is 0 Å². The molecule has 1 aromatic rings. The Balaban J connectivity index is 2.50. The van der Waals surface area contributed by atoms with Gasteiger partial charge in [-0.25, -0.2) is 0 Å². The lowest BCUT2D eigenvalue weighted by Crippen LogP contribution is -2.36. The molecular weight excluding hydrogens is 192 g/mol. The summed E-state index contributed by atoms with van der Waals surface area (Å²) in [5.74, 6) is 0. The molecule has 0 amide bonds. The van der Waals surface area contributed by atoms with Crippen LogP contribution < -0.4 is 0 Å². The smallest absolute Gasteiger partial charge is 0.134 e. The van der Waals surface area contributed by atoms with Gasteiger partial charge in [0.05, 0.1) is 0 Å². The maximum Gasteiger partial charge on any atom is 0.134 e. The number of hydrogen-bond acceptors (Lipinski definition) is 4. The van der Waals surface area contributed by atoms with Crippen LogP contribution in [0.15, 0.2) is 29.4 Å². The van der Waals surface area contributed by atoms with Crippen molar-refractivity contribution in [3.63, 3.8) is 0 Å². The molecule has 0 aromatic heterocycles. The van der Waals surface area contributed by atoms with Crippen molar-refractivity contribution in [2.45, 2.75) is 6.23 Å². The van der Waals surface area contributed by atoms with Gasteiger partial charge in [-0.15, -0.1) is 0 Å². The van der Waals surface area contributed by atoms with Crippen LogP contribution in [0.1, 0.15) is 17.4 Å². The highest BCUT2D eigenvalue weighted by atomic mass is 16.6. The number of benzene rings is 1. The summed E-state index contributed by atoms with van der Waals surface area (Å²) in [6.45, 7) is 0.589. The maximum atomic E-state index is 9.95. The standard InChI is InChI=1S/C11H14N2O2/c1-13-7-10(12-15-2)8-5-3-4-6-9(8)11(13)14/h3-6,11,14H,7H2,1-2H3. The van der Waals surface area contributed by atoms with Gasteiger partial charge < -0.3 is 9.94 Å². The van der Waals surface area contributed by atoms with Gasteiger partial charge in [0.2, 0.25) is 0 Å². The summed E-state index contributed by atoms with van der Waals surface area (Å²) in [6.07, 6.45) is -0.558. The van der Waals surface area contributed by atoms with Crippen molar-refractivity contribution in [1.82, 2.24) is 4.90 Å². The predicted octanol–water partition coefficient (Wildman–Crippen LogP) is 0.973. The molecule has 0 saturated heterocycles. The number of rotatable bonds is 1. The van der Waals surface area contributed by atoms with Gasteiger partial charge in [-0.05, 0) is 7.05 Å². The first-order chi connectivity index (χ1) is 7.24. The SMILES string of the molecule is CON=C1CN(C)C(O)c2ccccc21. The Hall–Kier alpha value is -1.39. The second kappa shape index (κ2) is 4.00. The van der Waals surface area contributed by atoms with Gasteiger partial charge >= 0.3 is 0 Å². The van der Waals surface area contributed by atoms with E-state index in [2.05, 4.69) is 5.16 Å². The summed E-state index contributed by atoms with van der Waals surface area (Å²) < 4.78 is 0. The fraction of sp³-hybridized carbons (Fsp3) is 0.364. The average Bonchev–Trinajstić information content (AvgIpc) is 2.26. The molecule has 2 rings (SSSR count). The van der Waals surface area contributed by atoms with Crippen LogP contribution in [0.5, 0.6) is 0 Å². The van der Waals surface area contributed by atoms with E-state index in [9.17, 15) is 5.11 Å². The van der Waals surface area contributed by atoms with Gasteiger partial charge in [-0.1, -0.05) is 29.4 Å². The van der Waals surface area contributed by atoms with E-state index in [0.717, 1.165) is 16.8 Å². The van der Waals surface area contributed by atoms with Crippen molar-refractivity contribution in [3.05, 3.63) is 35.4 Å². The van der Waals surface area contributed by atoms with Gasteiger partial charge in [0.25, 0.3) is 0 Å². The van der Waals surface area contributed by atoms with Crippen LogP contribution in [0.25, 0.3) is 0 Å². The van der Waals surface area contributed by atoms with E-state index >= 15 is 0 Å². The Morgan fingerprint density at radius 1 is 1.47 bits per heavy atom. The number of oxime groups is 1. The number of hydrogen-bond donors (Lipinski definition) is 1. The Morgan fingerprint density at radius 3 is 2.93 bits per heavy atom. The summed E-state index contributed by atoms with van der Waals surface area (Å²) in [4.78, 5) is 6.62. The maximum absolute atomic E-state index is 9.95.